The number of nitrogens with one attached hydrogen (secondary N) is 1. The molecule has 0 saturated carbocycles. The van der Waals surface area contributed by atoms with Crippen molar-refractivity contribution in [3.05, 3.63) is 53.5 Å². The first-order chi connectivity index (χ1) is 11.5. The zero-order chi connectivity index (χ0) is 17.7. The number of anilines is 1. The van der Waals surface area contributed by atoms with Gasteiger partial charge in [-0.3, -0.25) is 4.79 Å². The van der Waals surface area contributed by atoms with Gasteiger partial charge in [0.15, 0.2) is 0 Å². The van der Waals surface area contributed by atoms with Gasteiger partial charge in [0.25, 0.3) is 0 Å². The number of hydrogen-bond acceptors (Lipinski definition) is 4. The average molecular weight is 329 g/mol. The molecular weight excluding hydrogens is 313 g/mol. The number of nitrogen functional groups attached to an aromatic ring is 1. The molecule has 0 aliphatic heterocycles. The van der Waals surface area contributed by atoms with Crippen molar-refractivity contribution >= 4 is 23.8 Å². The number of carbonyl (C=O) groups is 2. The fourth-order valence-electron chi connectivity index (χ4n) is 2.26. The van der Waals surface area contributed by atoms with Crippen molar-refractivity contribution < 1.29 is 19.1 Å². The van der Waals surface area contributed by atoms with Crippen LogP contribution in [-0.2, 0) is 4.79 Å². The molecule has 0 radical (unpaired) electrons. The molecule has 0 atom stereocenters. The highest BCUT2D eigenvalue weighted by molar-refractivity contribution is 5.89. The van der Waals surface area contributed by atoms with E-state index in [-0.39, 0.29) is 5.82 Å². The first kappa shape index (κ1) is 17.1. The molecule has 0 fully saturated rings. The lowest BCUT2D eigenvalue weighted by Crippen LogP contribution is -2.14. The second-order valence-corrected chi connectivity index (χ2v) is 4.97. The number of nitrogens with zero attached hydrogens (tertiary/aromatic N) is 1. The second kappa shape index (κ2) is 7.36. The molecular formula is C17H16FN3O3. The third kappa shape index (κ3) is 3.57. The van der Waals surface area contributed by atoms with Crippen molar-refractivity contribution in [3.63, 3.8) is 0 Å². The zero-order valence-corrected chi connectivity index (χ0v) is 12.9. The van der Waals surface area contributed by atoms with Gasteiger partial charge in [0.1, 0.15) is 11.6 Å². The summed E-state index contributed by atoms with van der Waals surface area (Å²) < 4.78 is 13.9. The highest BCUT2D eigenvalue weighted by atomic mass is 19.1. The first-order valence-corrected chi connectivity index (χ1v) is 7.09. The molecule has 0 bridgehead atoms. The van der Waals surface area contributed by atoms with Gasteiger partial charge in [-0.1, -0.05) is 12.1 Å². The van der Waals surface area contributed by atoms with Crippen LogP contribution in [0.3, 0.4) is 0 Å². The smallest absolute Gasteiger partial charge is 0.338 e. The van der Waals surface area contributed by atoms with Crippen molar-refractivity contribution in [2.24, 2.45) is 0 Å². The summed E-state index contributed by atoms with van der Waals surface area (Å²) in [7, 11) is 0. The second-order valence-electron chi connectivity index (χ2n) is 4.97. The van der Waals surface area contributed by atoms with Crippen LogP contribution in [-0.4, -0.2) is 29.0 Å². The molecule has 6 nitrogen and oxygen atoms in total. The molecule has 0 aliphatic rings. The Morgan fingerprint density at radius 2 is 2.17 bits per heavy atom. The van der Waals surface area contributed by atoms with Gasteiger partial charge >= 0.3 is 5.97 Å². The summed E-state index contributed by atoms with van der Waals surface area (Å²) in [5.74, 6) is -1.99. The minimum atomic E-state index is -1.34. The van der Waals surface area contributed by atoms with Crippen LogP contribution in [0, 0.1) is 5.82 Å². The molecule has 2 rings (SSSR count). The number of carboxylic acids is 1. The molecule has 1 heterocycles. The minimum Gasteiger partial charge on any atom is -0.478 e. The van der Waals surface area contributed by atoms with Gasteiger partial charge in [-0.15, -0.1) is 0 Å². The predicted molar refractivity (Wildman–Crippen MR) is 88.7 cm³/mol. The van der Waals surface area contributed by atoms with Crippen molar-refractivity contribution in [2.45, 2.75) is 6.92 Å². The van der Waals surface area contributed by atoms with E-state index in [1.807, 2.05) is 13.0 Å². The fraction of sp³-hybridized carbons (Fsp3) is 0.118. The van der Waals surface area contributed by atoms with E-state index in [0.29, 0.717) is 24.1 Å². The van der Waals surface area contributed by atoms with E-state index >= 15 is 0 Å². The van der Waals surface area contributed by atoms with Crippen LogP contribution in [0.1, 0.15) is 22.8 Å². The Morgan fingerprint density at radius 3 is 2.75 bits per heavy atom. The van der Waals surface area contributed by atoms with Gasteiger partial charge in [0, 0.05) is 18.3 Å². The van der Waals surface area contributed by atoms with Crippen LogP contribution in [0.2, 0.25) is 0 Å². The summed E-state index contributed by atoms with van der Waals surface area (Å²) in [5, 5.41) is 11.5. The molecule has 0 aliphatic carbocycles. The largest absolute Gasteiger partial charge is 0.478 e. The van der Waals surface area contributed by atoms with Gasteiger partial charge in [0.2, 0.25) is 6.41 Å². The first-order valence-electron chi connectivity index (χ1n) is 7.09. The minimum absolute atomic E-state index is 0.194. The Balaban J connectivity index is 2.47. The topological polar surface area (TPSA) is 105 Å². The summed E-state index contributed by atoms with van der Waals surface area (Å²) in [6, 6.07) is 5.49. The summed E-state index contributed by atoms with van der Waals surface area (Å²) in [6.07, 6.45) is 3.97. The van der Waals surface area contributed by atoms with Crippen LogP contribution < -0.4 is 11.1 Å². The lowest BCUT2D eigenvalue weighted by Gasteiger charge is -2.11. The number of aromatic carboxylic acids is 1. The van der Waals surface area contributed by atoms with Crippen molar-refractivity contribution in [2.75, 3.05) is 12.3 Å². The summed E-state index contributed by atoms with van der Waals surface area (Å²) in [4.78, 5) is 25.5. The monoisotopic (exact) mass is 329 g/mol. The number of hydrogen-bond donors (Lipinski definition) is 3. The normalized spacial score (nSPS) is 11.2. The van der Waals surface area contributed by atoms with Crippen LogP contribution in [0.5, 0.6) is 0 Å². The third-order valence-electron chi connectivity index (χ3n) is 3.52. The third-order valence-corrected chi connectivity index (χ3v) is 3.52. The molecule has 1 amide bonds. The predicted octanol–water partition coefficient (Wildman–Crippen LogP) is 2.32. The van der Waals surface area contributed by atoms with Gasteiger partial charge in [-0.25, -0.2) is 14.2 Å². The summed E-state index contributed by atoms with van der Waals surface area (Å²) >= 11 is 0. The lowest BCUT2D eigenvalue weighted by molar-refractivity contribution is -0.109. The Labute approximate surface area is 137 Å². The Hall–Kier alpha value is -3.22. The van der Waals surface area contributed by atoms with Gasteiger partial charge in [-0.2, -0.15) is 0 Å². The molecule has 0 saturated heterocycles. The molecule has 0 unspecified atom stereocenters. The Morgan fingerprint density at radius 1 is 1.42 bits per heavy atom. The fourth-order valence-corrected chi connectivity index (χ4v) is 2.26. The molecule has 2 aromatic rings. The number of aromatic nitrogens is 1. The summed E-state index contributed by atoms with van der Waals surface area (Å²) in [5.41, 5.74) is 7.90. The number of carbonyl (C=O) groups excluding carboxylic acids is 1. The van der Waals surface area contributed by atoms with Crippen LogP contribution in [0.4, 0.5) is 10.2 Å². The van der Waals surface area contributed by atoms with Gasteiger partial charge in [-0.05, 0) is 41.8 Å². The molecule has 1 aromatic carbocycles. The van der Waals surface area contributed by atoms with E-state index in [1.54, 1.807) is 12.3 Å². The number of amides is 1. The number of nitrogens with two attached hydrogens (primary N) is 1. The maximum Gasteiger partial charge on any atom is 0.338 e. The van der Waals surface area contributed by atoms with E-state index in [2.05, 4.69) is 10.3 Å². The standard InChI is InChI=1S/C17H16FN3O3/c1-2-10(7-20-9-22)12-5-14(16(19)21-8-12)11-3-4-13(17(23)24)15(18)6-11/h2-6,8-9H,7H2,1H3,(H2,19,21)(H,20,22)(H,23,24)/b10-2+. The quantitative estimate of drug-likeness (QED) is 0.705. The number of rotatable bonds is 6. The molecule has 0 spiro atoms. The van der Waals surface area contributed by atoms with E-state index in [4.69, 9.17) is 10.8 Å². The maximum atomic E-state index is 13.9. The summed E-state index contributed by atoms with van der Waals surface area (Å²) in [6.45, 7) is 2.14. The van der Waals surface area contributed by atoms with Crippen LogP contribution in [0.25, 0.3) is 16.7 Å². The highest BCUT2D eigenvalue weighted by Crippen LogP contribution is 2.29. The number of halogens is 1. The van der Waals surface area contributed by atoms with Crippen LogP contribution in [0.15, 0.2) is 36.5 Å². The average Bonchev–Trinajstić information content (AvgIpc) is 2.56. The van der Waals surface area contributed by atoms with Crippen molar-refractivity contribution in [1.29, 1.82) is 0 Å². The van der Waals surface area contributed by atoms with Crippen molar-refractivity contribution in [3.8, 4) is 11.1 Å². The van der Waals surface area contributed by atoms with Crippen molar-refractivity contribution in [1.82, 2.24) is 10.3 Å². The number of carboxylic acid groups (broad SMARTS) is 1. The van der Waals surface area contributed by atoms with E-state index in [0.717, 1.165) is 17.2 Å². The zero-order valence-electron chi connectivity index (χ0n) is 12.9. The van der Waals surface area contributed by atoms with E-state index in [9.17, 15) is 14.0 Å². The number of allylic oxidation sites excluding steroid dienone is 1. The molecule has 124 valence electrons. The maximum absolute atomic E-state index is 13.9. The molecule has 24 heavy (non-hydrogen) atoms. The van der Waals surface area contributed by atoms with Crippen LogP contribution >= 0.6 is 0 Å². The Bertz CT molecular complexity index is 819. The van der Waals surface area contributed by atoms with E-state index in [1.165, 1.54) is 12.1 Å². The highest BCUT2D eigenvalue weighted by Gasteiger charge is 2.14. The van der Waals surface area contributed by atoms with Gasteiger partial charge in [0.05, 0.1) is 5.56 Å². The molecule has 4 N–H and O–H groups in total. The number of benzene rings is 1. The number of pyridine rings is 1. The lowest BCUT2D eigenvalue weighted by atomic mass is 9.99. The SMILES string of the molecule is C/C=C(\CNC=O)c1cnc(N)c(-c2ccc(C(=O)O)c(F)c2)c1. The van der Waals surface area contributed by atoms with Gasteiger partial charge < -0.3 is 16.2 Å². The Kier molecular flexibility index (Phi) is 5.26. The molecule has 7 heteroatoms. The molecule has 1 aromatic heterocycles. The van der Waals surface area contributed by atoms with E-state index < -0.39 is 17.3 Å².